The molecule has 2 fully saturated rings. The van der Waals surface area contributed by atoms with E-state index in [4.69, 9.17) is 0 Å². The molecule has 9 nitrogen and oxygen atoms in total. The van der Waals surface area contributed by atoms with Gasteiger partial charge in [0.05, 0.1) is 18.5 Å². The number of carbonyl (C=O) groups excluding carboxylic acids is 1. The van der Waals surface area contributed by atoms with Gasteiger partial charge in [0.1, 0.15) is 5.82 Å². The lowest BCUT2D eigenvalue weighted by Crippen LogP contribution is -2.53. The SMILES string of the molecule is Cc1nc(N2CCC(N3CCN(S(C)(=O)=O)CC3)C2=O)ccc1-c1cn[nH]c1. The van der Waals surface area contributed by atoms with E-state index in [9.17, 15) is 13.2 Å². The molecule has 1 N–H and O–H groups in total. The first-order valence-corrected chi connectivity index (χ1v) is 11.2. The number of carbonyl (C=O) groups is 1. The Bertz CT molecular complexity index is 967. The molecule has 2 aromatic heterocycles. The van der Waals surface area contributed by atoms with E-state index in [0.29, 0.717) is 38.5 Å². The Labute approximate surface area is 164 Å². The summed E-state index contributed by atoms with van der Waals surface area (Å²) in [4.78, 5) is 21.5. The van der Waals surface area contributed by atoms with Crippen LogP contribution in [-0.2, 0) is 14.8 Å². The fourth-order valence-corrected chi connectivity index (χ4v) is 4.81. The highest BCUT2D eigenvalue weighted by molar-refractivity contribution is 7.88. The molecule has 150 valence electrons. The zero-order valence-corrected chi connectivity index (χ0v) is 16.8. The van der Waals surface area contributed by atoms with Crippen LogP contribution in [0.3, 0.4) is 0 Å². The van der Waals surface area contributed by atoms with Crippen LogP contribution in [0.5, 0.6) is 0 Å². The summed E-state index contributed by atoms with van der Waals surface area (Å²) in [5.74, 6) is 0.697. The van der Waals surface area contributed by atoms with Crippen molar-refractivity contribution in [2.45, 2.75) is 19.4 Å². The molecule has 2 aromatic rings. The number of hydrogen-bond acceptors (Lipinski definition) is 6. The van der Waals surface area contributed by atoms with Crippen LogP contribution in [0.15, 0.2) is 24.5 Å². The second-order valence-electron chi connectivity index (χ2n) is 7.28. The van der Waals surface area contributed by atoms with Crippen molar-refractivity contribution in [2.75, 3.05) is 43.9 Å². The Morgan fingerprint density at radius 2 is 1.89 bits per heavy atom. The minimum Gasteiger partial charge on any atom is -0.295 e. The van der Waals surface area contributed by atoms with Crippen molar-refractivity contribution in [1.29, 1.82) is 0 Å². The van der Waals surface area contributed by atoms with Gasteiger partial charge in [-0.3, -0.25) is 19.7 Å². The molecule has 0 aromatic carbocycles. The predicted octanol–water partition coefficient (Wildman–Crippen LogP) is 0.463. The van der Waals surface area contributed by atoms with Crippen LogP contribution in [0, 0.1) is 6.92 Å². The highest BCUT2D eigenvalue weighted by Crippen LogP contribution is 2.28. The lowest BCUT2D eigenvalue weighted by molar-refractivity contribution is -0.122. The van der Waals surface area contributed by atoms with Gasteiger partial charge in [-0.25, -0.2) is 13.4 Å². The minimum absolute atomic E-state index is 0.0377. The molecule has 0 radical (unpaired) electrons. The smallest absolute Gasteiger partial charge is 0.245 e. The second-order valence-corrected chi connectivity index (χ2v) is 9.26. The van der Waals surface area contributed by atoms with Crippen molar-refractivity contribution in [3.8, 4) is 11.1 Å². The monoisotopic (exact) mass is 404 g/mol. The molecule has 2 aliphatic rings. The van der Waals surface area contributed by atoms with E-state index in [-0.39, 0.29) is 11.9 Å². The molecule has 1 amide bonds. The lowest BCUT2D eigenvalue weighted by atomic mass is 10.1. The van der Waals surface area contributed by atoms with Crippen molar-refractivity contribution >= 4 is 21.7 Å². The second kappa shape index (κ2) is 7.26. The van der Waals surface area contributed by atoms with Crippen molar-refractivity contribution in [1.82, 2.24) is 24.4 Å². The molecule has 2 aliphatic heterocycles. The largest absolute Gasteiger partial charge is 0.295 e. The third-order valence-electron chi connectivity index (χ3n) is 5.52. The standard InChI is InChI=1S/C18H24N6O3S/c1-13-15(14-11-19-20-12-14)3-4-17(21-13)24-6-5-16(18(24)25)22-7-9-23(10-8-22)28(2,26)27/h3-4,11-12,16H,5-10H2,1-2H3,(H,19,20). The molecular formula is C18H24N6O3S. The summed E-state index contributed by atoms with van der Waals surface area (Å²) in [6.07, 6.45) is 5.52. The van der Waals surface area contributed by atoms with Gasteiger partial charge < -0.3 is 0 Å². The molecule has 1 unspecified atom stereocenters. The summed E-state index contributed by atoms with van der Waals surface area (Å²) in [5.41, 5.74) is 2.79. The number of nitrogens with zero attached hydrogens (tertiary/aromatic N) is 5. The summed E-state index contributed by atoms with van der Waals surface area (Å²) >= 11 is 0. The summed E-state index contributed by atoms with van der Waals surface area (Å²) in [6.45, 7) is 4.55. The number of piperazine rings is 1. The maximum Gasteiger partial charge on any atom is 0.245 e. The molecule has 28 heavy (non-hydrogen) atoms. The van der Waals surface area contributed by atoms with Gasteiger partial charge in [-0.2, -0.15) is 9.40 Å². The number of H-pyrrole nitrogens is 1. The maximum absolute atomic E-state index is 13.0. The van der Waals surface area contributed by atoms with Crippen LogP contribution < -0.4 is 4.90 Å². The van der Waals surface area contributed by atoms with Gasteiger partial charge in [0, 0.05) is 55.7 Å². The van der Waals surface area contributed by atoms with E-state index in [1.165, 1.54) is 10.6 Å². The maximum atomic E-state index is 13.0. The third kappa shape index (κ3) is 3.54. The number of pyridine rings is 1. The average molecular weight is 404 g/mol. The Kier molecular flexibility index (Phi) is 4.94. The third-order valence-corrected chi connectivity index (χ3v) is 6.82. The lowest BCUT2D eigenvalue weighted by Gasteiger charge is -2.36. The highest BCUT2D eigenvalue weighted by Gasteiger charge is 2.39. The molecule has 0 aliphatic carbocycles. The van der Waals surface area contributed by atoms with Crippen molar-refractivity contribution in [3.63, 3.8) is 0 Å². The molecule has 2 saturated heterocycles. The van der Waals surface area contributed by atoms with E-state index in [1.807, 2.05) is 25.3 Å². The van der Waals surface area contributed by atoms with E-state index in [1.54, 1.807) is 11.1 Å². The number of amides is 1. The Hall–Kier alpha value is -2.30. The highest BCUT2D eigenvalue weighted by atomic mass is 32.2. The molecule has 4 rings (SSSR count). The number of hydrogen-bond donors (Lipinski definition) is 1. The van der Waals surface area contributed by atoms with Crippen molar-refractivity contribution < 1.29 is 13.2 Å². The van der Waals surface area contributed by atoms with Crippen LogP contribution >= 0.6 is 0 Å². The molecule has 4 heterocycles. The van der Waals surface area contributed by atoms with Gasteiger partial charge in [-0.05, 0) is 25.5 Å². The first-order chi connectivity index (χ1) is 13.3. The van der Waals surface area contributed by atoms with Crippen LogP contribution in [0.1, 0.15) is 12.1 Å². The molecule has 0 bridgehead atoms. The van der Waals surface area contributed by atoms with Crippen molar-refractivity contribution in [2.24, 2.45) is 0 Å². The minimum atomic E-state index is -3.17. The molecular weight excluding hydrogens is 380 g/mol. The topological polar surface area (TPSA) is 102 Å². The summed E-state index contributed by atoms with van der Waals surface area (Å²) in [5, 5.41) is 6.77. The van der Waals surface area contributed by atoms with Crippen LogP contribution in [-0.4, -0.2) is 83.7 Å². The predicted molar refractivity (Wildman–Crippen MR) is 105 cm³/mol. The number of sulfonamides is 1. The Balaban J connectivity index is 1.46. The quantitative estimate of drug-likeness (QED) is 0.794. The average Bonchev–Trinajstić information content (AvgIpc) is 3.31. The van der Waals surface area contributed by atoms with Crippen LogP contribution in [0.2, 0.25) is 0 Å². The molecule has 0 spiro atoms. The summed E-state index contributed by atoms with van der Waals surface area (Å²) < 4.78 is 24.8. The normalized spacial score (nSPS) is 22.1. The van der Waals surface area contributed by atoms with Crippen molar-refractivity contribution in [3.05, 3.63) is 30.2 Å². The van der Waals surface area contributed by atoms with Gasteiger partial charge in [0.25, 0.3) is 0 Å². The van der Waals surface area contributed by atoms with Gasteiger partial charge >= 0.3 is 0 Å². The first-order valence-electron chi connectivity index (χ1n) is 9.32. The van der Waals surface area contributed by atoms with Gasteiger partial charge in [0.15, 0.2) is 0 Å². The zero-order valence-electron chi connectivity index (χ0n) is 16.0. The fraction of sp³-hybridized carbons (Fsp3) is 0.500. The number of anilines is 1. The number of aromatic amines is 1. The number of rotatable bonds is 4. The van der Waals surface area contributed by atoms with E-state index in [2.05, 4.69) is 20.1 Å². The fourth-order valence-electron chi connectivity index (χ4n) is 3.98. The van der Waals surface area contributed by atoms with Gasteiger partial charge in [-0.1, -0.05) is 0 Å². The van der Waals surface area contributed by atoms with E-state index >= 15 is 0 Å². The van der Waals surface area contributed by atoms with E-state index < -0.39 is 10.0 Å². The van der Waals surface area contributed by atoms with E-state index in [0.717, 1.165) is 23.2 Å². The van der Waals surface area contributed by atoms with Crippen LogP contribution in [0.25, 0.3) is 11.1 Å². The Morgan fingerprint density at radius 3 is 2.50 bits per heavy atom. The first kappa shape index (κ1) is 19.0. The zero-order chi connectivity index (χ0) is 19.9. The number of nitrogens with one attached hydrogen (secondary N) is 1. The van der Waals surface area contributed by atoms with Gasteiger partial charge in [0.2, 0.25) is 15.9 Å². The van der Waals surface area contributed by atoms with Gasteiger partial charge in [-0.15, -0.1) is 0 Å². The number of aromatic nitrogens is 3. The summed E-state index contributed by atoms with van der Waals surface area (Å²) in [7, 11) is -3.17. The molecule has 10 heteroatoms. The number of aryl methyl sites for hydroxylation is 1. The summed E-state index contributed by atoms with van der Waals surface area (Å²) in [6, 6.07) is 3.63. The molecule has 0 saturated carbocycles. The van der Waals surface area contributed by atoms with Crippen LogP contribution in [0.4, 0.5) is 5.82 Å². The molecule has 1 atom stereocenters. The Morgan fingerprint density at radius 1 is 1.14 bits per heavy atom.